The Hall–Kier alpha value is -3.95. The first kappa shape index (κ1) is 26.1. The number of aromatic nitrogens is 3. The molecule has 9 heteroatoms. The van der Waals surface area contributed by atoms with Crippen molar-refractivity contribution in [3.63, 3.8) is 0 Å². The number of ether oxygens (including phenoxy) is 3. The SMILES string of the molecule is C=CC(=O)Nc1cccc(Oc2cnc3c(n2)c(-c2cccc(OC)c2)cn3COCC[Si](C)(C)C)c1. The summed E-state index contributed by atoms with van der Waals surface area (Å²) in [5.41, 5.74) is 3.83. The normalized spacial score (nSPS) is 11.4. The highest BCUT2D eigenvalue weighted by Crippen LogP contribution is 2.33. The molecule has 0 aliphatic rings. The standard InChI is InChI=1S/C28H32N4O4Si/c1-6-25(33)30-21-10-8-12-23(16-21)36-26-17-29-28-27(31-26)24(20-9-7-11-22(15-20)34-2)18-32(28)19-35-13-14-37(3,4)5/h6-12,15-18H,1,13-14,19H2,2-5H3,(H,30,33). The minimum absolute atomic E-state index is 0.297. The van der Waals surface area contributed by atoms with Gasteiger partial charge in [0.25, 0.3) is 0 Å². The van der Waals surface area contributed by atoms with Gasteiger partial charge in [0.15, 0.2) is 5.65 Å². The van der Waals surface area contributed by atoms with Gasteiger partial charge in [-0.25, -0.2) is 9.97 Å². The Kier molecular flexibility index (Phi) is 8.05. The molecule has 1 N–H and O–H groups in total. The van der Waals surface area contributed by atoms with E-state index in [0.29, 0.717) is 41.8 Å². The quantitative estimate of drug-likeness (QED) is 0.142. The molecule has 8 nitrogen and oxygen atoms in total. The van der Waals surface area contributed by atoms with E-state index in [1.54, 1.807) is 37.6 Å². The molecular weight excluding hydrogens is 484 g/mol. The minimum Gasteiger partial charge on any atom is -0.497 e. The van der Waals surface area contributed by atoms with E-state index in [-0.39, 0.29) is 5.91 Å². The Morgan fingerprint density at radius 3 is 2.68 bits per heavy atom. The molecule has 4 rings (SSSR count). The number of carbonyl (C=O) groups excluding carboxylic acids is 1. The first-order chi connectivity index (χ1) is 17.8. The highest BCUT2D eigenvalue weighted by atomic mass is 28.3. The molecule has 0 aliphatic heterocycles. The molecule has 1 amide bonds. The molecule has 0 saturated heterocycles. The van der Waals surface area contributed by atoms with Gasteiger partial charge in [-0.3, -0.25) is 4.79 Å². The Morgan fingerprint density at radius 2 is 1.92 bits per heavy atom. The molecule has 0 saturated carbocycles. The van der Waals surface area contributed by atoms with Crippen LogP contribution in [0, 0.1) is 0 Å². The second-order valence-corrected chi connectivity index (χ2v) is 15.4. The smallest absolute Gasteiger partial charge is 0.247 e. The summed E-state index contributed by atoms with van der Waals surface area (Å²) < 4.78 is 19.4. The van der Waals surface area contributed by atoms with Crippen LogP contribution in [0.25, 0.3) is 22.3 Å². The highest BCUT2D eigenvalue weighted by Gasteiger charge is 2.17. The van der Waals surface area contributed by atoms with Crippen molar-refractivity contribution in [1.29, 1.82) is 0 Å². The van der Waals surface area contributed by atoms with E-state index in [0.717, 1.165) is 22.9 Å². The predicted octanol–water partition coefficient (Wildman–Crippen LogP) is 6.34. The predicted molar refractivity (Wildman–Crippen MR) is 149 cm³/mol. The van der Waals surface area contributed by atoms with E-state index in [2.05, 4.69) is 36.5 Å². The third kappa shape index (κ3) is 6.84. The number of amides is 1. The van der Waals surface area contributed by atoms with E-state index < -0.39 is 8.07 Å². The summed E-state index contributed by atoms with van der Waals surface area (Å²) in [6.07, 6.45) is 4.81. The molecule has 192 valence electrons. The van der Waals surface area contributed by atoms with E-state index in [4.69, 9.17) is 19.2 Å². The molecule has 0 radical (unpaired) electrons. The van der Waals surface area contributed by atoms with E-state index >= 15 is 0 Å². The average molecular weight is 517 g/mol. The van der Waals surface area contributed by atoms with Crippen molar-refractivity contribution in [2.45, 2.75) is 32.4 Å². The summed E-state index contributed by atoms with van der Waals surface area (Å²) in [5.74, 6) is 1.31. The van der Waals surface area contributed by atoms with Crippen molar-refractivity contribution in [3.05, 3.63) is 73.6 Å². The van der Waals surface area contributed by atoms with E-state index in [1.165, 1.54) is 6.08 Å². The number of benzene rings is 2. The van der Waals surface area contributed by atoms with Crippen molar-refractivity contribution >= 4 is 30.8 Å². The van der Waals surface area contributed by atoms with Crippen LogP contribution in [0.2, 0.25) is 25.7 Å². The summed E-state index contributed by atoms with van der Waals surface area (Å²) in [5, 5.41) is 2.73. The number of anilines is 1. The molecule has 37 heavy (non-hydrogen) atoms. The number of rotatable bonds is 11. The van der Waals surface area contributed by atoms with Gasteiger partial charge in [-0.05, 0) is 41.9 Å². The fourth-order valence-electron chi connectivity index (χ4n) is 3.68. The molecular formula is C28H32N4O4Si. The van der Waals surface area contributed by atoms with Gasteiger partial charge in [-0.2, -0.15) is 0 Å². The summed E-state index contributed by atoms with van der Waals surface area (Å²) >= 11 is 0. The molecule has 0 aliphatic carbocycles. The lowest BCUT2D eigenvalue weighted by Crippen LogP contribution is -2.22. The zero-order chi connectivity index (χ0) is 26.4. The van der Waals surface area contributed by atoms with Gasteiger partial charge < -0.3 is 24.1 Å². The monoisotopic (exact) mass is 516 g/mol. The molecule has 0 bridgehead atoms. The Morgan fingerprint density at radius 1 is 1.14 bits per heavy atom. The maximum Gasteiger partial charge on any atom is 0.247 e. The largest absolute Gasteiger partial charge is 0.497 e. The van der Waals surface area contributed by atoms with Crippen molar-refractivity contribution in [3.8, 4) is 28.5 Å². The Labute approximate surface area is 217 Å². The second-order valence-electron chi connectivity index (χ2n) is 9.80. The van der Waals surface area contributed by atoms with Crippen LogP contribution in [0.15, 0.2) is 73.6 Å². The molecule has 4 aromatic rings. The van der Waals surface area contributed by atoms with Crippen LogP contribution in [-0.2, 0) is 16.3 Å². The van der Waals surface area contributed by atoms with Gasteiger partial charge in [-0.1, -0.05) is 44.4 Å². The fraction of sp³-hybridized carbons (Fsp3) is 0.250. The first-order valence-electron chi connectivity index (χ1n) is 12.0. The molecule has 2 aromatic carbocycles. The van der Waals surface area contributed by atoms with Crippen LogP contribution in [0.3, 0.4) is 0 Å². The van der Waals surface area contributed by atoms with E-state index in [1.807, 2.05) is 35.0 Å². The van der Waals surface area contributed by atoms with Gasteiger partial charge >= 0.3 is 0 Å². The van der Waals surface area contributed by atoms with Crippen LogP contribution in [-0.4, -0.2) is 42.2 Å². The third-order valence-electron chi connectivity index (χ3n) is 5.66. The van der Waals surface area contributed by atoms with Crippen molar-refractivity contribution in [2.24, 2.45) is 0 Å². The van der Waals surface area contributed by atoms with Crippen LogP contribution in [0.1, 0.15) is 0 Å². The van der Waals surface area contributed by atoms with Gasteiger partial charge in [0, 0.05) is 38.2 Å². The lowest BCUT2D eigenvalue weighted by atomic mass is 10.1. The van der Waals surface area contributed by atoms with Gasteiger partial charge in [-0.15, -0.1) is 0 Å². The minimum atomic E-state index is -1.19. The average Bonchev–Trinajstić information content (AvgIpc) is 3.24. The second kappa shape index (κ2) is 11.4. The number of hydrogen-bond donors (Lipinski definition) is 1. The maximum atomic E-state index is 11.6. The van der Waals surface area contributed by atoms with Crippen LogP contribution in [0.4, 0.5) is 5.69 Å². The summed E-state index contributed by atoms with van der Waals surface area (Å²) in [6, 6.07) is 16.0. The number of methoxy groups -OCH3 is 1. The van der Waals surface area contributed by atoms with Gasteiger partial charge in [0.2, 0.25) is 11.8 Å². The molecule has 2 aromatic heterocycles. The zero-order valence-electron chi connectivity index (χ0n) is 21.7. The molecule has 0 unspecified atom stereocenters. The number of carbonyl (C=O) groups is 1. The number of nitrogens with zero attached hydrogens (tertiary/aromatic N) is 3. The summed E-state index contributed by atoms with van der Waals surface area (Å²) in [7, 11) is 0.457. The zero-order valence-corrected chi connectivity index (χ0v) is 22.7. The summed E-state index contributed by atoms with van der Waals surface area (Å²) in [6.45, 7) is 11.6. The van der Waals surface area contributed by atoms with Crippen LogP contribution >= 0.6 is 0 Å². The number of hydrogen-bond acceptors (Lipinski definition) is 6. The number of nitrogens with one attached hydrogen (secondary N) is 1. The summed E-state index contributed by atoms with van der Waals surface area (Å²) in [4.78, 5) is 21.1. The van der Waals surface area contributed by atoms with Crippen LogP contribution in [0.5, 0.6) is 17.4 Å². The van der Waals surface area contributed by atoms with Crippen molar-refractivity contribution in [2.75, 3.05) is 19.0 Å². The fourth-order valence-corrected chi connectivity index (χ4v) is 4.43. The number of fused-ring (bicyclic) bond motifs is 1. The van der Waals surface area contributed by atoms with Gasteiger partial charge in [0.05, 0.1) is 13.3 Å². The van der Waals surface area contributed by atoms with Gasteiger partial charge in [0.1, 0.15) is 23.7 Å². The maximum absolute atomic E-state index is 11.6. The third-order valence-corrected chi connectivity index (χ3v) is 7.36. The Bertz CT molecular complexity index is 1410. The lowest BCUT2D eigenvalue weighted by Gasteiger charge is -2.15. The lowest BCUT2D eigenvalue weighted by molar-refractivity contribution is -0.111. The van der Waals surface area contributed by atoms with Crippen LogP contribution < -0.4 is 14.8 Å². The highest BCUT2D eigenvalue weighted by molar-refractivity contribution is 6.76. The molecule has 0 spiro atoms. The topological polar surface area (TPSA) is 87.5 Å². The van der Waals surface area contributed by atoms with Crippen molar-refractivity contribution in [1.82, 2.24) is 14.5 Å². The first-order valence-corrected chi connectivity index (χ1v) is 15.8. The molecule has 0 atom stereocenters. The molecule has 0 fully saturated rings. The Balaban J connectivity index is 1.66. The van der Waals surface area contributed by atoms with E-state index in [9.17, 15) is 4.79 Å². The molecule has 2 heterocycles. The van der Waals surface area contributed by atoms with Crippen molar-refractivity contribution < 1.29 is 19.0 Å².